The van der Waals surface area contributed by atoms with Crippen molar-refractivity contribution >= 4 is 23.0 Å². The van der Waals surface area contributed by atoms with Gasteiger partial charge in [0.1, 0.15) is 5.75 Å². The average molecular weight is 566 g/mol. The van der Waals surface area contributed by atoms with Crippen molar-refractivity contribution < 1.29 is 19.4 Å². The van der Waals surface area contributed by atoms with Crippen LogP contribution in [0.25, 0.3) is 11.1 Å². The molecule has 8 heteroatoms. The average Bonchev–Trinajstić information content (AvgIpc) is 3.27. The number of rotatable bonds is 9. The highest BCUT2D eigenvalue weighted by Gasteiger charge is 2.36. The van der Waals surface area contributed by atoms with Crippen molar-refractivity contribution in [2.45, 2.75) is 86.4 Å². The number of ether oxygens (including phenoxy) is 2. The summed E-state index contributed by atoms with van der Waals surface area (Å²) in [6.45, 7) is 18.5. The third-order valence-electron chi connectivity index (χ3n) is 7.56. The predicted octanol–water partition coefficient (Wildman–Crippen LogP) is 7.32. The summed E-state index contributed by atoms with van der Waals surface area (Å²) >= 11 is 1.66. The van der Waals surface area contributed by atoms with Crippen LogP contribution in [0.2, 0.25) is 0 Å². The maximum Gasteiger partial charge on any atom is 0.337 e. The van der Waals surface area contributed by atoms with Crippen LogP contribution in [0.4, 0.5) is 5.69 Å². The molecule has 3 aromatic rings. The molecule has 40 heavy (non-hydrogen) atoms. The first-order valence-electron chi connectivity index (χ1n) is 14.0. The molecule has 0 radical (unpaired) electrons. The molecule has 7 nitrogen and oxygen atoms in total. The minimum atomic E-state index is -1.13. The number of piperidine rings is 1. The smallest absolute Gasteiger partial charge is 0.337 e. The van der Waals surface area contributed by atoms with E-state index in [0.29, 0.717) is 17.9 Å². The third kappa shape index (κ3) is 7.02. The topological polar surface area (TPSA) is 84.8 Å². The van der Waals surface area contributed by atoms with Crippen molar-refractivity contribution in [3.8, 4) is 16.9 Å². The molecule has 216 valence electrons. The van der Waals surface area contributed by atoms with Crippen LogP contribution in [0.5, 0.6) is 5.75 Å². The van der Waals surface area contributed by atoms with Crippen molar-refractivity contribution in [1.82, 2.24) is 9.97 Å². The molecule has 3 heterocycles. The number of pyridine rings is 1. The molecule has 0 amide bonds. The van der Waals surface area contributed by atoms with Crippen LogP contribution in [0, 0.1) is 26.2 Å². The Bertz CT molecular complexity index is 1330. The maximum absolute atomic E-state index is 12.7. The van der Waals surface area contributed by atoms with Gasteiger partial charge in [-0.05, 0) is 77.5 Å². The zero-order valence-corrected chi connectivity index (χ0v) is 25.9. The molecule has 4 rings (SSSR count). The molecule has 0 aliphatic carbocycles. The van der Waals surface area contributed by atoms with Gasteiger partial charge in [-0.2, -0.15) is 0 Å². The quantitative estimate of drug-likeness (QED) is 0.291. The van der Waals surface area contributed by atoms with Gasteiger partial charge in [0, 0.05) is 46.9 Å². The van der Waals surface area contributed by atoms with Gasteiger partial charge < -0.3 is 19.5 Å². The Labute approximate surface area is 242 Å². The lowest BCUT2D eigenvalue weighted by Crippen LogP contribution is -2.39. The molecule has 1 aliphatic rings. The Hall–Kier alpha value is -2.97. The van der Waals surface area contributed by atoms with E-state index in [9.17, 15) is 9.90 Å². The molecule has 1 aromatic carbocycles. The molecular formula is C32H43N3O4S. The number of aryl methyl sites for hydroxylation is 3. The number of carboxylic acid groups (broad SMARTS) is 1. The highest BCUT2D eigenvalue weighted by molar-refractivity contribution is 7.09. The van der Waals surface area contributed by atoms with Crippen molar-refractivity contribution in [3.05, 3.63) is 57.3 Å². The first-order valence-corrected chi connectivity index (χ1v) is 14.9. The van der Waals surface area contributed by atoms with Crippen LogP contribution in [0.1, 0.15) is 81.1 Å². The van der Waals surface area contributed by atoms with Crippen molar-refractivity contribution in [1.29, 1.82) is 0 Å². The Morgan fingerprint density at radius 3 is 2.27 bits per heavy atom. The Kier molecular flexibility index (Phi) is 8.90. The molecule has 2 aromatic heterocycles. The number of hydrogen-bond acceptors (Lipinski definition) is 7. The van der Waals surface area contributed by atoms with Crippen LogP contribution < -0.4 is 9.64 Å². The normalized spacial score (nSPS) is 16.1. The van der Waals surface area contributed by atoms with Gasteiger partial charge in [-0.1, -0.05) is 26.0 Å². The minimum Gasteiger partial charge on any atom is -0.493 e. The summed E-state index contributed by atoms with van der Waals surface area (Å²) in [4.78, 5) is 25.4. The number of hydrogen-bond donors (Lipinski definition) is 1. The van der Waals surface area contributed by atoms with Crippen LogP contribution in [0.3, 0.4) is 0 Å². The van der Waals surface area contributed by atoms with Gasteiger partial charge in [0.15, 0.2) is 6.10 Å². The fourth-order valence-corrected chi connectivity index (χ4v) is 6.06. The summed E-state index contributed by atoms with van der Waals surface area (Å²) in [7, 11) is 0. The zero-order valence-electron chi connectivity index (χ0n) is 25.1. The lowest BCUT2D eigenvalue weighted by molar-refractivity contribution is -0.160. The number of carboxylic acids is 1. The summed E-state index contributed by atoms with van der Waals surface area (Å²) < 4.78 is 12.2. The number of anilines is 1. The van der Waals surface area contributed by atoms with E-state index in [-0.39, 0.29) is 5.41 Å². The molecule has 1 N–H and O–H groups in total. The first-order chi connectivity index (χ1) is 18.8. The summed E-state index contributed by atoms with van der Waals surface area (Å²) in [5, 5.41) is 10.4. The minimum absolute atomic E-state index is 0.249. The van der Waals surface area contributed by atoms with Gasteiger partial charge in [0.2, 0.25) is 0 Å². The molecular weight excluding hydrogens is 522 g/mol. The molecule has 1 saturated heterocycles. The van der Waals surface area contributed by atoms with Crippen molar-refractivity contribution in [2.24, 2.45) is 5.41 Å². The van der Waals surface area contributed by atoms with E-state index in [2.05, 4.69) is 23.7 Å². The standard InChI is InChI=1S/C32H43N3O4S/c1-20-25(40-19-33-20)13-18-38-24-11-9-23(10-12-24)26-21(2)34-22(3)27(29(30(36)37)39-31(4,5)6)28(26)35-16-14-32(7,8)15-17-35/h9-12,19,29H,13-18H2,1-8H3,(H,36,37)/t29-/m0/s1. The number of thiazole rings is 1. The molecule has 1 fully saturated rings. The fraction of sp³-hybridized carbons (Fsp3) is 0.531. The van der Waals surface area contributed by atoms with E-state index in [1.807, 2.05) is 71.3 Å². The van der Waals surface area contributed by atoms with Gasteiger partial charge in [0.05, 0.1) is 29.1 Å². The van der Waals surface area contributed by atoms with E-state index in [1.165, 1.54) is 4.88 Å². The number of nitrogens with zero attached hydrogens (tertiary/aromatic N) is 3. The summed E-state index contributed by atoms with van der Waals surface area (Å²) in [6, 6.07) is 8.07. The first kappa shape index (κ1) is 30.0. The Balaban J connectivity index is 1.74. The molecule has 0 unspecified atom stereocenters. The lowest BCUT2D eigenvalue weighted by atomic mass is 9.82. The highest BCUT2D eigenvalue weighted by atomic mass is 32.1. The van der Waals surface area contributed by atoms with Crippen molar-refractivity contribution in [3.63, 3.8) is 0 Å². The monoisotopic (exact) mass is 565 g/mol. The number of aliphatic carboxylic acids is 1. The SMILES string of the molecule is Cc1ncsc1CCOc1ccc(-c2c(C)nc(C)c([C@H](OC(C)(C)C)C(=O)O)c2N2CCC(C)(C)CC2)cc1. The van der Waals surface area contributed by atoms with Gasteiger partial charge in [0.25, 0.3) is 0 Å². The highest BCUT2D eigenvalue weighted by Crippen LogP contribution is 2.45. The molecule has 1 aliphatic heterocycles. The Morgan fingerprint density at radius 2 is 1.73 bits per heavy atom. The number of aromatic nitrogens is 2. The van der Waals surface area contributed by atoms with Gasteiger partial charge in [-0.15, -0.1) is 11.3 Å². The van der Waals surface area contributed by atoms with Crippen LogP contribution in [-0.2, 0) is 16.0 Å². The maximum atomic E-state index is 12.7. The third-order valence-corrected chi connectivity index (χ3v) is 8.55. The second kappa shape index (κ2) is 11.9. The number of carbonyl (C=O) groups is 1. The largest absolute Gasteiger partial charge is 0.493 e. The van der Waals surface area contributed by atoms with E-state index >= 15 is 0 Å². The van der Waals surface area contributed by atoms with Crippen molar-refractivity contribution in [2.75, 3.05) is 24.6 Å². The number of benzene rings is 1. The second-order valence-electron chi connectivity index (χ2n) is 12.5. The van der Waals surface area contributed by atoms with Gasteiger partial charge in [-0.3, -0.25) is 4.98 Å². The molecule has 0 spiro atoms. The van der Waals surface area contributed by atoms with E-state index in [4.69, 9.17) is 14.5 Å². The molecule has 1 atom stereocenters. The van der Waals surface area contributed by atoms with E-state index in [0.717, 1.165) is 66.3 Å². The Morgan fingerprint density at radius 1 is 1.07 bits per heavy atom. The van der Waals surface area contributed by atoms with E-state index in [1.54, 1.807) is 11.3 Å². The summed E-state index contributed by atoms with van der Waals surface area (Å²) in [5.41, 5.74) is 7.60. The second-order valence-corrected chi connectivity index (χ2v) is 13.4. The molecule has 0 bridgehead atoms. The van der Waals surface area contributed by atoms with E-state index < -0.39 is 17.7 Å². The van der Waals surface area contributed by atoms with Crippen LogP contribution in [0.15, 0.2) is 29.8 Å². The van der Waals surface area contributed by atoms with Crippen LogP contribution in [-0.4, -0.2) is 46.3 Å². The lowest BCUT2D eigenvalue weighted by Gasteiger charge is -2.41. The fourth-order valence-electron chi connectivity index (χ4n) is 5.30. The predicted molar refractivity (Wildman–Crippen MR) is 162 cm³/mol. The molecule has 0 saturated carbocycles. The zero-order chi connectivity index (χ0) is 29.2. The van der Waals surface area contributed by atoms with Gasteiger partial charge >= 0.3 is 5.97 Å². The van der Waals surface area contributed by atoms with Gasteiger partial charge in [-0.25, -0.2) is 9.78 Å². The summed E-state index contributed by atoms with van der Waals surface area (Å²) in [5.74, 6) is -0.210. The summed E-state index contributed by atoms with van der Waals surface area (Å²) in [6.07, 6.45) is 1.74. The van der Waals surface area contributed by atoms with Crippen LogP contribution >= 0.6 is 11.3 Å².